The molecule has 3 rings (SSSR count). The van der Waals surface area contributed by atoms with Gasteiger partial charge in [0.25, 0.3) is 0 Å². The molecule has 0 saturated heterocycles. The predicted octanol–water partition coefficient (Wildman–Crippen LogP) is 2.66. The third-order valence-electron chi connectivity index (χ3n) is 5.02. The number of carbonyl (C=O) groups excluding carboxylic acids is 1. The first-order valence-electron chi connectivity index (χ1n) is 9.88. The molecule has 27 heavy (non-hydrogen) atoms. The van der Waals surface area contributed by atoms with Crippen LogP contribution in [-0.2, 0) is 19.4 Å². The maximum Gasteiger partial charge on any atom is 0.317 e. The first kappa shape index (κ1) is 19.3. The van der Waals surface area contributed by atoms with Crippen LogP contribution in [0.2, 0.25) is 0 Å². The Hall–Kier alpha value is -2.44. The number of nitrogens with one attached hydrogen (secondary N) is 1. The van der Waals surface area contributed by atoms with Gasteiger partial charge in [0.2, 0.25) is 0 Å². The topological polar surface area (TPSA) is 75.9 Å². The Kier molecular flexibility index (Phi) is 6.42. The van der Waals surface area contributed by atoms with Gasteiger partial charge in [-0.15, -0.1) is 10.2 Å². The molecular formula is C20H30N6O. The molecule has 1 aliphatic heterocycles. The van der Waals surface area contributed by atoms with E-state index in [2.05, 4.69) is 45.8 Å². The number of rotatable bonds is 6. The molecule has 0 radical (unpaired) electrons. The van der Waals surface area contributed by atoms with Crippen molar-refractivity contribution in [3.63, 3.8) is 0 Å². The molecule has 0 unspecified atom stereocenters. The summed E-state index contributed by atoms with van der Waals surface area (Å²) in [7, 11) is 0. The molecule has 0 aliphatic carbocycles. The molecule has 0 fully saturated rings. The van der Waals surface area contributed by atoms with Crippen LogP contribution >= 0.6 is 0 Å². The van der Waals surface area contributed by atoms with E-state index in [4.69, 9.17) is 0 Å². The summed E-state index contributed by atoms with van der Waals surface area (Å²) in [6.45, 7) is 8.58. The van der Waals surface area contributed by atoms with E-state index in [0.29, 0.717) is 25.4 Å². The molecule has 1 atom stereocenters. The summed E-state index contributed by atoms with van der Waals surface area (Å²) in [4.78, 5) is 18.7. The van der Waals surface area contributed by atoms with Crippen LogP contribution in [0.4, 0.5) is 4.79 Å². The van der Waals surface area contributed by atoms with Crippen LogP contribution < -0.4 is 5.32 Å². The molecule has 1 N–H and O–H groups in total. The Morgan fingerprint density at radius 2 is 2.04 bits per heavy atom. The van der Waals surface area contributed by atoms with Crippen molar-refractivity contribution in [3.8, 4) is 0 Å². The minimum Gasteiger partial charge on any atom is -0.336 e. The highest BCUT2D eigenvalue weighted by atomic mass is 16.2. The van der Waals surface area contributed by atoms with Crippen molar-refractivity contribution >= 4 is 6.03 Å². The highest BCUT2D eigenvalue weighted by molar-refractivity contribution is 5.74. The number of carbonyl (C=O) groups is 1. The molecule has 0 bridgehead atoms. The molecule has 7 nitrogen and oxygen atoms in total. The summed E-state index contributed by atoms with van der Waals surface area (Å²) >= 11 is 0. The third kappa shape index (κ3) is 5.28. The van der Waals surface area contributed by atoms with Gasteiger partial charge in [0.15, 0.2) is 0 Å². The Bertz CT molecular complexity index is 742. The van der Waals surface area contributed by atoms with Crippen LogP contribution in [-0.4, -0.2) is 49.8 Å². The van der Waals surface area contributed by atoms with Crippen LogP contribution in [0.1, 0.15) is 50.8 Å². The first-order valence-corrected chi connectivity index (χ1v) is 9.88. The molecule has 3 heterocycles. The number of aromatic nitrogens is 4. The number of hydrogen-bond donors (Lipinski definition) is 1. The average Bonchev–Trinajstić information content (AvgIpc) is 2.89. The molecule has 0 saturated carbocycles. The third-order valence-corrected chi connectivity index (χ3v) is 5.02. The van der Waals surface area contributed by atoms with E-state index in [1.54, 1.807) is 6.20 Å². The lowest BCUT2D eigenvalue weighted by atomic mass is 10.0. The zero-order valence-corrected chi connectivity index (χ0v) is 16.6. The molecule has 1 aliphatic rings. The number of amides is 2. The van der Waals surface area contributed by atoms with Gasteiger partial charge in [-0.3, -0.25) is 4.98 Å². The maximum absolute atomic E-state index is 12.6. The van der Waals surface area contributed by atoms with Crippen molar-refractivity contribution in [2.75, 3.05) is 13.1 Å². The molecule has 146 valence electrons. The Morgan fingerprint density at radius 3 is 2.78 bits per heavy atom. The van der Waals surface area contributed by atoms with Gasteiger partial charge in [-0.25, -0.2) is 4.79 Å². The monoisotopic (exact) mass is 370 g/mol. The van der Waals surface area contributed by atoms with E-state index in [-0.39, 0.29) is 12.1 Å². The van der Waals surface area contributed by atoms with Crippen LogP contribution in [0.25, 0.3) is 0 Å². The largest absolute Gasteiger partial charge is 0.336 e. The van der Waals surface area contributed by atoms with Gasteiger partial charge in [0.05, 0.1) is 0 Å². The highest BCUT2D eigenvalue weighted by Crippen LogP contribution is 2.13. The number of urea groups is 1. The van der Waals surface area contributed by atoms with Gasteiger partial charge >= 0.3 is 6.03 Å². The van der Waals surface area contributed by atoms with E-state index < -0.39 is 0 Å². The summed E-state index contributed by atoms with van der Waals surface area (Å²) in [5.41, 5.74) is 1.12. The van der Waals surface area contributed by atoms with Crippen molar-refractivity contribution in [1.29, 1.82) is 0 Å². The molecular weight excluding hydrogens is 340 g/mol. The molecule has 0 aromatic carbocycles. The smallest absolute Gasteiger partial charge is 0.317 e. The Labute approximate surface area is 161 Å². The zero-order chi connectivity index (χ0) is 19.2. The standard InChI is InChI=1S/C20H30N6O/c1-15(2)6-7-16(3)22-20(27)25-10-8-18-23-24-19(26(18)12-11-25)13-17-5-4-9-21-14-17/h4-5,9,14-16H,6-8,10-13H2,1-3H3,(H,22,27)/t16-/m1/s1. The van der Waals surface area contributed by atoms with Gasteiger partial charge < -0.3 is 14.8 Å². The van der Waals surface area contributed by atoms with Crippen molar-refractivity contribution < 1.29 is 4.79 Å². The van der Waals surface area contributed by atoms with Crippen molar-refractivity contribution in [2.45, 2.75) is 59.0 Å². The Balaban J connectivity index is 1.57. The van der Waals surface area contributed by atoms with Gasteiger partial charge in [-0.2, -0.15) is 0 Å². The number of hydrogen-bond acceptors (Lipinski definition) is 4. The summed E-state index contributed by atoms with van der Waals surface area (Å²) < 4.78 is 2.16. The van der Waals surface area contributed by atoms with Gasteiger partial charge in [0.1, 0.15) is 11.6 Å². The second kappa shape index (κ2) is 8.97. The van der Waals surface area contributed by atoms with E-state index in [1.807, 2.05) is 23.2 Å². The summed E-state index contributed by atoms with van der Waals surface area (Å²) in [6.07, 6.45) is 7.20. The van der Waals surface area contributed by atoms with E-state index >= 15 is 0 Å². The zero-order valence-electron chi connectivity index (χ0n) is 16.6. The SMILES string of the molecule is CC(C)CC[C@@H](C)NC(=O)N1CCc2nnc(Cc3cccnc3)n2CC1. The minimum absolute atomic E-state index is 0.0266. The van der Waals surface area contributed by atoms with Crippen LogP contribution in [0.5, 0.6) is 0 Å². The predicted molar refractivity (Wildman–Crippen MR) is 104 cm³/mol. The summed E-state index contributed by atoms with van der Waals surface area (Å²) in [6, 6.07) is 4.20. The summed E-state index contributed by atoms with van der Waals surface area (Å²) in [5, 5.41) is 11.9. The van der Waals surface area contributed by atoms with E-state index in [9.17, 15) is 4.79 Å². The van der Waals surface area contributed by atoms with Crippen molar-refractivity contribution in [1.82, 2.24) is 30.0 Å². The Morgan fingerprint density at radius 1 is 1.19 bits per heavy atom. The minimum atomic E-state index is 0.0266. The fraction of sp³-hybridized carbons (Fsp3) is 0.600. The van der Waals surface area contributed by atoms with Crippen LogP contribution in [0.15, 0.2) is 24.5 Å². The van der Waals surface area contributed by atoms with Crippen molar-refractivity contribution in [3.05, 3.63) is 41.7 Å². The normalized spacial score (nSPS) is 15.3. The fourth-order valence-corrected chi connectivity index (χ4v) is 3.36. The second-order valence-electron chi connectivity index (χ2n) is 7.78. The quantitative estimate of drug-likeness (QED) is 0.848. The molecule has 2 aromatic rings. The van der Waals surface area contributed by atoms with Crippen molar-refractivity contribution in [2.24, 2.45) is 5.92 Å². The van der Waals surface area contributed by atoms with Crippen LogP contribution in [0.3, 0.4) is 0 Å². The average molecular weight is 371 g/mol. The van der Waals surface area contributed by atoms with Crippen LogP contribution in [0, 0.1) is 5.92 Å². The molecule has 0 spiro atoms. The fourth-order valence-electron chi connectivity index (χ4n) is 3.36. The number of pyridine rings is 1. The lowest BCUT2D eigenvalue weighted by Crippen LogP contribution is -2.45. The lowest BCUT2D eigenvalue weighted by Gasteiger charge is -2.24. The van der Waals surface area contributed by atoms with Gasteiger partial charge in [-0.1, -0.05) is 19.9 Å². The van der Waals surface area contributed by atoms with E-state index in [0.717, 1.165) is 43.0 Å². The molecule has 2 aromatic heterocycles. The first-order chi connectivity index (χ1) is 13.0. The van der Waals surface area contributed by atoms with Gasteiger partial charge in [0, 0.05) is 50.9 Å². The molecule has 2 amide bonds. The number of fused-ring (bicyclic) bond motifs is 1. The lowest BCUT2D eigenvalue weighted by molar-refractivity contribution is 0.194. The molecule has 7 heteroatoms. The van der Waals surface area contributed by atoms with Gasteiger partial charge in [-0.05, 0) is 37.3 Å². The maximum atomic E-state index is 12.6. The second-order valence-corrected chi connectivity index (χ2v) is 7.78. The van der Waals surface area contributed by atoms with E-state index in [1.165, 1.54) is 0 Å². The highest BCUT2D eigenvalue weighted by Gasteiger charge is 2.22. The summed E-state index contributed by atoms with van der Waals surface area (Å²) in [5.74, 6) is 2.55. The number of nitrogens with zero attached hydrogens (tertiary/aromatic N) is 5.